The van der Waals surface area contributed by atoms with Gasteiger partial charge in [0.2, 0.25) is 0 Å². The fraction of sp³-hybridized carbons (Fsp3) is 1.00. The second-order valence-electron chi connectivity index (χ2n) is 5.20. The van der Waals surface area contributed by atoms with Crippen molar-refractivity contribution < 1.29 is 0 Å². The van der Waals surface area contributed by atoms with E-state index in [9.17, 15) is 0 Å². The minimum absolute atomic E-state index is 0.414. The van der Waals surface area contributed by atoms with Gasteiger partial charge in [-0.2, -0.15) is 0 Å². The number of rotatable bonds is 5. The molecule has 0 saturated heterocycles. The lowest BCUT2D eigenvalue weighted by Gasteiger charge is -2.36. The number of nitrogens with two attached hydrogens (primary N) is 1. The topological polar surface area (TPSA) is 29.3 Å². The summed E-state index contributed by atoms with van der Waals surface area (Å²) >= 11 is 0. The van der Waals surface area contributed by atoms with Gasteiger partial charge < -0.3 is 5.73 Å². The van der Waals surface area contributed by atoms with Crippen molar-refractivity contribution in [1.29, 1.82) is 0 Å². The van der Waals surface area contributed by atoms with Crippen LogP contribution in [0.5, 0.6) is 0 Å². The summed E-state index contributed by atoms with van der Waals surface area (Å²) in [6.07, 6.45) is 10.7. The quantitative estimate of drug-likeness (QED) is 0.780. The molecule has 96 valence electrons. The third-order valence-corrected chi connectivity index (χ3v) is 3.96. The van der Waals surface area contributed by atoms with Crippen LogP contribution >= 0.6 is 0 Å². The van der Waals surface area contributed by atoms with Crippen LogP contribution in [0.3, 0.4) is 0 Å². The van der Waals surface area contributed by atoms with E-state index in [0.717, 1.165) is 0 Å². The summed E-state index contributed by atoms with van der Waals surface area (Å²) in [4.78, 5) is 2.62. The summed E-state index contributed by atoms with van der Waals surface area (Å²) in [5.74, 6) is 0. The Kier molecular flexibility index (Phi) is 7.06. The number of hydrogen-bond acceptors (Lipinski definition) is 2. The molecule has 2 nitrogen and oxygen atoms in total. The van der Waals surface area contributed by atoms with E-state index in [1.165, 1.54) is 64.5 Å². The average Bonchev–Trinajstić information content (AvgIpc) is 2.28. The van der Waals surface area contributed by atoms with Crippen LogP contribution in [-0.2, 0) is 0 Å². The third-order valence-electron chi connectivity index (χ3n) is 3.96. The van der Waals surface area contributed by atoms with Crippen molar-refractivity contribution >= 4 is 0 Å². The Morgan fingerprint density at radius 1 is 1.06 bits per heavy atom. The molecule has 2 unspecified atom stereocenters. The van der Waals surface area contributed by atoms with Gasteiger partial charge in [0.1, 0.15) is 0 Å². The van der Waals surface area contributed by atoms with E-state index in [2.05, 4.69) is 18.7 Å². The number of unbranched alkanes of at least 4 members (excludes halogenated alkanes) is 1. The zero-order chi connectivity index (χ0) is 11.8. The van der Waals surface area contributed by atoms with Crippen LogP contribution in [0.4, 0.5) is 0 Å². The monoisotopic (exact) mass is 226 g/mol. The highest BCUT2D eigenvalue weighted by Gasteiger charge is 2.24. The summed E-state index contributed by atoms with van der Waals surface area (Å²) < 4.78 is 0. The first-order valence-corrected chi connectivity index (χ1v) is 7.29. The summed E-state index contributed by atoms with van der Waals surface area (Å²) in [5.41, 5.74) is 6.35. The molecular formula is C14H30N2. The van der Waals surface area contributed by atoms with Gasteiger partial charge >= 0.3 is 0 Å². The molecule has 0 amide bonds. The first-order chi connectivity index (χ1) is 7.79. The van der Waals surface area contributed by atoms with E-state index in [1.54, 1.807) is 0 Å². The first kappa shape index (κ1) is 14.0. The average molecular weight is 226 g/mol. The number of likely N-dealkylation sites (N-methyl/N-ethyl adjacent to an activating group) is 1. The highest BCUT2D eigenvalue weighted by molar-refractivity contribution is 4.83. The molecule has 2 N–H and O–H groups in total. The lowest BCUT2D eigenvalue weighted by molar-refractivity contribution is 0.153. The van der Waals surface area contributed by atoms with E-state index in [-0.39, 0.29) is 0 Å². The molecule has 0 aromatic rings. The molecule has 0 aromatic carbocycles. The van der Waals surface area contributed by atoms with E-state index in [0.29, 0.717) is 12.1 Å². The molecule has 0 aliphatic heterocycles. The maximum absolute atomic E-state index is 6.35. The van der Waals surface area contributed by atoms with Gasteiger partial charge in [-0.05, 0) is 32.4 Å². The molecule has 0 radical (unpaired) electrons. The maximum Gasteiger partial charge on any atom is 0.0247 e. The molecule has 1 aliphatic rings. The van der Waals surface area contributed by atoms with E-state index >= 15 is 0 Å². The van der Waals surface area contributed by atoms with Gasteiger partial charge in [-0.25, -0.2) is 0 Å². The van der Waals surface area contributed by atoms with E-state index in [1.807, 2.05) is 0 Å². The third kappa shape index (κ3) is 4.42. The summed E-state index contributed by atoms with van der Waals surface area (Å²) in [7, 11) is 0. The highest BCUT2D eigenvalue weighted by atomic mass is 15.2. The van der Waals surface area contributed by atoms with Gasteiger partial charge in [0, 0.05) is 12.1 Å². The van der Waals surface area contributed by atoms with Crippen LogP contribution in [0.1, 0.15) is 65.2 Å². The summed E-state index contributed by atoms with van der Waals surface area (Å²) in [6, 6.07) is 1.06. The fourth-order valence-corrected chi connectivity index (χ4v) is 2.87. The molecule has 1 rings (SSSR count). The van der Waals surface area contributed by atoms with Crippen molar-refractivity contribution in [3.8, 4) is 0 Å². The normalized spacial score (nSPS) is 27.8. The molecule has 2 heteroatoms. The van der Waals surface area contributed by atoms with Gasteiger partial charge in [0.05, 0.1) is 0 Å². The Bertz CT molecular complexity index is 170. The molecule has 1 fully saturated rings. The minimum atomic E-state index is 0.414. The van der Waals surface area contributed by atoms with Crippen LogP contribution in [0.2, 0.25) is 0 Å². The van der Waals surface area contributed by atoms with Gasteiger partial charge in [-0.3, -0.25) is 4.90 Å². The standard InChI is InChI=1S/C14H30N2/c1-3-5-12-16(4-2)14-11-9-7-6-8-10-13(14)15/h13-14H,3-12,15H2,1-2H3. The lowest BCUT2D eigenvalue weighted by Crippen LogP contribution is -2.48. The Morgan fingerprint density at radius 2 is 1.75 bits per heavy atom. The van der Waals surface area contributed by atoms with Crippen LogP contribution in [-0.4, -0.2) is 30.1 Å². The molecular weight excluding hydrogens is 196 g/mol. The van der Waals surface area contributed by atoms with E-state index in [4.69, 9.17) is 5.73 Å². The Labute approximate surface area is 102 Å². The second kappa shape index (κ2) is 8.08. The first-order valence-electron chi connectivity index (χ1n) is 7.29. The highest BCUT2D eigenvalue weighted by Crippen LogP contribution is 2.21. The second-order valence-corrected chi connectivity index (χ2v) is 5.20. The predicted molar refractivity (Wildman–Crippen MR) is 71.6 cm³/mol. The van der Waals surface area contributed by atoms with Crippen molar-refractivity contribution in [3.05, 3.63) is 0 Å². The molecule has 1 aliphatic carbocycles. The number of nitrogens with zero attached hydrogens (tertiary/aromatic N) is 1. The Morgan fingerprint density at radius 3 is 2.38 bits per heavy atom. The molecule has 0 heterocycles. The summed E-state index contributed by atoms with van der Waals surface area (Å²) in [6.45, 7) is 6.96. The van der Waals surface area contributed by atoms with Crippen molar-refractivity contribution in [3.63, 3.8) is 0 Å². The Hall–Kier alpha value is -0.0800. The van der Waals surface area contributed by atoms with Gasteiger partial charge in [-0.15, -0.1) is 0 Å². The fourth-order valence-electron chi connectivity index (χ4n) is 2.87. The SMILES string of the molecule is CCCCN(CC)C1CCCCCCC1N. The van der Waals surface area contributed by atoms with Crippen molar-refractivity contribution in [2.45, 2.75) is 77.3 Å². The summed E-state index contributed by atoms with van der Waals surface area (Å²) in [5, 5.41) is 0. The van der Waals surface area contributed by atoms with Crippen molar-refractivity contribution in [2.75, 3.05) is 13.1 Å². The largest absolute Gasteiger partial charge is 0.326 e. The zero-order valence-corrected chi connectivity index (χ0v) is 11.3. The lowest BCUT2D eigenvalue weighted by atomic mass is 9.91. The molecule has 0 aromatic heterocycles. The van der Waals surface area contributed by atoms with Gasteiger partial charge in [0.15, 0.2) is 0 Å². The van der Waals surface area contributed by atoms with Crippen molar-refractivity contribution in [1.82, 2.24) is 4.90 Å². The molecule has 2 atom stereocenters. The number of hydrogen-bond donors (Lipinski definition) is 1. The van der Waals surface area contributed by atoms with Crippen molar-refractivity contribution in [2.24, 2.45) is 5.73 Å². The smallest absolute Gasteiger partial charge is 0.0247 e. The predicted octanol–water partition coefficient (Wildman–Crippen LogP) is 3.16. The van der Waals surface area contributed by atoms with E-state index < -0.39 is 0 Å². The minimum Gasteiger partial charge on any atom is -0.326 e. The van der Waals surface area contributed by atoms with Crippen LogP contribution in [0.25, 0.3) is 0 Å². The Balaban J connectivity index is 2.48. The van der Waals surface area contributed by atoms with Gasteiger partial charge in [0.25, 0.3) is 0 Å². The van der Waals surface area contributed by atoms with Crippen LogP contribution in [0.15, 0.2) is 0 Å². The zero-order valence-electron chi connectivity index (χ0n) is 11.3. The molecule has 16 heavy (non-hydrogen) atoms. The van der Waals surface area contributed by atoms with Crippen LogP contribution < -0.4 is 5.73 Å². The van der Waals surface area contributed by atoms with Gasteiger partial charge in [-0.1, -0.05) is 46.0 Å². The van der Waals surface area contributed by atoms with Crippen LogP contribution in [0, 0.1) is 0 Å². The molecule has 1 saturated carbocycles. The molecule has 0 bridgehead atoms. The maximum atomic E-state index is 6.35. The molecule has 0 spiro atoms.